The van der Waals surface area contributed by atoms with E-state index < -0.39 is 9.85 Å². The van der Waals surface area contributed by atoms with Gasteiger partial charge in [-0.15, -0.1) is 0 Å². The summed E-state index contributed by atoms with van der Waals surface area (Å²) in [6, 6.07) is 9.00. The lowest BCUT2D eigenvalue weighted by Gasteiger charge is -2.19. The highest BCUT2D eigenvalue weighted by Gasteiger charge is 2.22. The Morgan fingerprint density at radius 1 is 1.04 bits per heavy atom. The lowest BCUT2D eigenvalue weighted by molar-refractivity contribution is -0.393. The van der Waals surface area contributed by atoms with Gasteiger partial charge in [-0.3, -0.25) is 20.2 Å². The lowest BCUT2D eigenvalue weighted by atomic mass is 10.1. The SMILES string of the molecule is CN(Cc1ccc2c(c1)OCO2)c1ccc([N+](=O)[O-])cc1[N+](=O)[O-]. The van der Waals surface area contributed by atoms with Crippen molar-refractivity contribution in [3.05, 3.63) is 62.2 Å². The van der Waals surface area contributed by atoms with Gasteiger partial charge in [0.2, 0.25) is 6.79 Å². The summed E-state index contributed by atoms with van der Waals surface area (Å²) in [6.45, 7) is 0.539. The van der Waals surface area contributed by atoms with E-state index in [4.69, 9.17) is 9.47 Å². The van der Waals surface area contributed by atoms with Crippen LogP contribution in [0.5, 0.6) is 11.5 Å². The maximum absolute atomic E-state index is 11.2. The van der Waals surface area contributed by atoms with E-state index in [0.717, 1.165) is 11.6 Å². The first-order valence-electron chi connectivity index (χ1n) is 6.98. The Kier molecular flexibility index (Phi) is 3.90. The standard InChI is InChI=1S/C15H13N3O6/c1-16(8-10-2-5-14-15(6-10)24-9-23-14)12-4-3-11(17(19)20)7-13(12)18(21)22/h2-7H,8-9H2,1H3. The molecule has 0 aromatic heterocycles. The van der Waals surface area contributed by atoms with E-state index in [9.17, 15) is 20.2 Å². The van der Waals surface area contributed by atoms with Crippen LogP contribution in [0.1, 0.15) is 5.56 Å². The van der Waals surface area contributed by atoms with Crippen LogP contribution in [-0.4, -0.2) is 23.7 Å². The van der Waals surface area contributed by atoms with Crippen molar-refractivity contribution in [1.82, 2.24) is 0 Å². The van der Waals surface area contributed by atoms with Gasteiger partial charge in [-0.1, -0.05) is 6.07 Å². The number of hydrogen-bond donors (Lipinski definition) is 0. The summed E-state index contributed by atoms with van der Waals surface area (Å²) >= 11 is 0. The van der Waals surface area contributed by atoms with Crippen molar-refractivity contribution in [2.24, 2.45) is 0 Å². The Labute approximate surface area is 136 Å². The molecule has 0 saturated heterocycles. The third-order valence-electron chi connectivity index (χ3n) is 3.63. The van der Waals surface area contributed by atoms with E-state index in [2.05, 4.69) is 0 Å². The van der Waals surface area contributed by atoms with Crippen LogP contribution in [0.2, 0.25) is 0 Å². The Morgan fingerprint density at radius 3 is 2.50 bits per heavy atom. The number of non-ortho nitro benzene ring substituents is 1. The molecule has 9 nitrogen and oxygen atoms in total. The third kappa shape index (κ3) is 2.91. The first-order chi connectivity index (χ1) is 11.5. The van der Waals surface area contributed by atoms with Gasteiger partial charge >= 0.3 is 0 Å². The summed E-state index contributed by atoms with van der Waals surface area (Å²) in [6.07, 6.45) is 0. The van der Waals surface area contributed by atoms with Gasteiger partial charge in [-0.2, -0.15) is 0 Å². The van der Waals surface area contributed by atoms with Gasteiger partial charge < -0.3 is 14.4 Å². The van der Waals surface area contributed by atoms with Crippen molar-refractivity contribution in [2.75, 3.05) is 18.7 Å². The van der Waals surface area contributed by atoms with Crippen LogP contribution in [0.25, 0.3) is 0 Å². The molecule has 0 saturated carbocycles. The second-order valence-electron chi connectivity index (χ2n) is 5.23. The molecular formula is C15H13N3O6. The summed E-state index contributed by atoms with van der Waals surface area (Å²) in [4.78, 5) is 22.4. The average Bonchev–Trinajstić information content (AvgIpc) is 3.01. The van der Waals surface area contributed by atoms with E-state index in [1.807, 2.05) is 6.07 Å². The minimum atomic E-state index is -0.658. The molecule has 3 rings (SSSR count). The molecule has 0 atom stereocenters. The number of rotatable bonds is 5. The second kappa shape index (κ2) is 6.03. The van der Waals surface area contributed by atoms with E-state index >= 15 is 0 Å². The zero-order valence-electron chi connectivity index (χ0n) is 12.7. The van der Waals surface area contributed by atoms with Crippen molar-refractivity contribution < 1.29 is 19.3 Å². The maximum Gasteiger partial charge on any atom is 0.299 e. The summed E-state index contributed by atoms with van der Waals surface area (Å²) < 4.78 is 10.5. The van der Waals surface area contributed by atoms with Gasteiger partial charge in [0.05, 0.1) is 15.9 Å². The predicted molar refractivity (Wildman–Crippen MR) is 84.4 cm³/mol. The number of anilines is 1. The van der Waals surface area contributed by atoms with Gasteiger partial charge in [0.15, 0.2) is 11.5 Å². The molecule has 2 aromatic rings. The first-order valence-corrected chi connectivity index (χ1v) is 6.98. The number of hydrogen-bond acceptors (Lipinski definition) is 7. The second-order valence-corrected chi connectivity index (χ2v) is 5.23. The van der Waals surface area contributed by atoms with Crippen molar-refractivity contribution in [2.45, 2.75) is 6.54 Å². The number of fused-ring (bicyclic) bond motifs is 1. The van der Waals surface area contributed by atoms with Crippen molar-refractivity contribution in [3.63, 3.8) is 0 Å². The van der Waals surface area contributed by atoms with Gasteiger partial charge in [-0.25, -0.2) is 0 Å². The fourth-order valence-corrected chi connectivity index (χ4v) is 2.49. The molecule has 0 N–H and O–H groups in total. The number of nitro groups is 2. The molecule has 1 aliphatic heterocycles. The highest BCUT2D eigenvalue weighted by Crippen LogP contribution is 2.35. The zero-order chi connectivity index (χ0) is 17.3. The van der Waals surface area contributed by atoms with Gasteiger partial charge in [0, 0.05) is 19.7 Å². The normalized spacial score (nSPS) is 12.0. The van der Waals surface area contributed by atoms with E-state index in [1.54, 1.807) is 24.1 Å². The van der Waals surface area contributed by atoms with Crippen LogP contribution in [-0.2, 0) is 6.54 Å². The van der Waals surface area contributed by atoms with E-state index in [-0.39, 0.29) is 18.2 Å². The Balaban J connectivity index is 1.88. The summed E-state index contributed by atoms with van der Waals surface area (Å²) in [5.74, 6) is 1.28. The number of nitro benzene ring substituents is 2. The van der Waals surface area contributed by atoms with Crippen LogP contribution in [0.3, 0.4) is 0 Å². The van der Waals surface area contributed by atoms with Gasteiger partial charge in [0.1, 0.15) is 5.69 Å². The average molecular weight is 331 g/mol. The van der Waals surface area contributed by atoms with Crippen molar-refractivity contribution in [1.29, 1.82) is 0 Å². The molecule has 1 aliphatic rings. The molecule has 2 aromatic carbocycles. The summed E-state index contributed by atoms with van der Waals surface area (Å²) in [5, 5.41) is 22.0. The first kappa shape index (κ1) is 15.5. The highest BCUT2D eigenvalue weighted by molar-refractivity contribution is 5.66. The fourth-order valence-electron chi connectivity index (χ4n) is 2.49. The molecule has 0 bridgehead atoms. The number of benzene rings is 2. The van der Waals surface area contributed by atoms with Gasteiger partial charge in [0.25, 0.3) is 11.4 Å². The zero-order valence-corrected chi connectivity index (χ0v) is 12.7. The van der Waals surface area contributed by atoms with Crippen LogP contribution in [0.4, 0.5) is 17.1 Å². The van der Waals surface area contributed by atoms with Crippen LogP contribution in [0.15, 0.2) is 36.4 Å². The highest BCUT2D eigenvalue weighted by atomic mass is 16.7. The molecule has 0 fully saturated rings. The van der Waals surface area contributed by atoms with Crippen LogP contribution >= 0.6 is 0 Å². The molecule has 24 heavy (non-hydrogen) atoms. The smallest absolute Gasteiger partial charge is 0.299 e. The number of nitrogens with zero attached hydrogens (tertiary/aromatic N) is 3. The Bertz CT molecular complexity index is 823. The molecule has 1 heterocycles. The van der Waals surface area contributed by atoms with Crippen LogP contribution < -0.4 is 14.4 Å². The predicted octanol–water partition coefficient (Wildman–Crippen LogP) is 2.87. The largest absolute Gasteiger partial charge is 0.454 e. The molecule has 0 spiro atoms. The summed E-state index contributed by atoms with van der Waals surface area (Å²) in [5.41, 5.74) is 0.534. The minimum Gasteiger partial charge on any atom is -0.454 e. The third-order valence-corrected chi connectivity index (χ3v) is 3.63. The Morgan fingerprint density at radius 2 is 1.79 bits per heavy atom. The topological polar surface area (TPSA) is 108 Å². The quantitative estimate of drug-likeness (QED) is 0.612. The Hall–Kier alpha value is -3.36. The molecule has 9 heteroatoms. The van der Waals surface area contributed by atoms with Crippen molar-refractivity contribution in [3.8, 4) is 11.5 Å². The van der Waals surface area contributed by atoms with E-state index in [0.29, 0.717) is 23.7 Å². The molecule has 124 valence electrons. The maximum atomic E-state index is 11.2. The van der Waals surface area contributed by atoms with E-state index in [1.165, 1.54) is 12.1 Å². The summed E-state index contributed by atoms with van der Waals surface area (Å²) in [7, 11) is 1.68. The molecule has 0 aliphatic carbocycles. The minimum absolute atomic E-state index is 0.169. The molecular weight excluding hydrogens is 318 g/mol. The van der Waals surface area contributed by atoms with Gasteiger partial charge in [-0.05, 0) is 23.8 Å². The molecule has 0 unspecified atom stereocenters. The van der Waals surface area contributed by atoms with Crippen LogP contribution in [0, 0.1) is 20.2 Å². The number of ether oxygens (including phenoxy) is 2. The molecule has 0 amide bonds. The fraction of sp³-hybridized carbons (Fsp3) is 0.200. The lowest BCUT2D eigenvalue weighted by Crippen LogP contribution is -2.17. The monoisotopic (exact) mass is 331 g/mol. The van der Waals surface area contributed by atoms with Crippen molar-refractivity contribution >= 4 is 17.1 Å². The molecule has 0 radical (unpaired) electrons.